The van der Waals surface area contributed by atoms with Crippen molar-refractivity contribution in [3.63, 3.8) is 0 Å². The van der Waals surface area contributed by atoms with Crippen LogP contribution < -0.4 is 0 Å². The van der Waals surface area contributed by atoms with E-state index in [0.29, 0.717) is 5.92 Å². The van der Waals surface area contributed by atoms with E-state index in [4.69, 9.17) is 0 Å². The average Bonchev–Trinajstić information content (AvgIpc) is 2.43. The number of carbonyl (C=O) groups excluding carboxylic acids is 1. The molecule has 0 saturated carbocycles. The summed E-state index contributed by atoms with van der Waals surface area (Å²) < 4.78 is 0. The van der Waals surface area contributed by atoms with Crippen LogP contribution in [0.1, 0.15) is 49.9 Å². The van der Waals surface area contributed by atoms with Crippen molar-refractivity contribution in [2.45, 2.75) is 39.5 Å². The number of Topliss-reactive ketones (excluding diaryl/α,β-unsaturated/α-hetero) is 1. The van der Waals surface area contributed by atoms with E-state index in [9.17, 15) is 4.79 Å². The Kier molecular flexibility index (Phi) is 6.42. The van der Waals surface area contributed by atoms with Crippen LogP contribution in [0.3, 0.4) is 0 Å². The van der Waals surface area contributed by atoms with Crippen molar-refractivity contribution >= 4 is 5.78 Å². The summed E-state index contributed by atoms with van der Waals surface area (Å²) in [6.45, 7) is 8.20. The fourth-order valence-corrected chi connectivity index (χ4v) is 2.48. The van der Waals surface area contributed by atoms with Gasteiger partial charge in [-0.2, -0.15) is 0 Å². The van der Waals surface area contributed by atoms with Crippen molar-refractivity contribution in [2.24, 2.45) is 11.8 Å². The molecule has 0 bridgehead atoms. The van der Waals surface area contributed by atoms with Crippen LogP contribution in [0.5, 0.6) is 0 Å². The van der Waals surface area contributed by atoms with Crippen LogP contribution in [0.2, 0.25) is 0 Å². The first-order valence-corrected chi connectivity index (χ1v) is 6.96. The Hall–Kier alpha value is -1.37. The van der Waals surface area contributed by atoms with Gasteiger partial charge in [0.25, 0.3) is 0 Å². The minimum Gasteiger partial charge on any atom is -0.294 e. The highest BCUT2D eigenvalue weighted by Gasteiger charge is 2.25. The summed E-state index contributed by atoms with van der Waals surface area (Å²) in [5, 5.41) is 0. The molecular formula is C17H24O. The number of rotatable bonds is 8. The third-order valence-electron chi connectivity index (χ3n) is 3.44. The van der Waals surface area contributed by atoms with Crippen LogP contribution >= 0.6 is 0 Å². The molecule has 0 heterocycles. The van der Waals surface area contributed by atoms with Gasteiger partial charge in [-0.05, 0) is 18.8 Å². The lowest BCUT2D eigenvalue weighted by Gasteiger charge is -2.23. The Morgan fingerprint density at radius 2 is 1.78 bits per heavy atom. The zero-order chi connectivity index (χ0) is 13.4. The molecule has 0 aromatic heterocycles. The zero-order valence-corrected chi connectivity index (χ0v) is 11.6. The maximum atomic E-state index is 12.6. The molecule has 0 aliphatic rings. The normalized spacial score (nSPS) is 13.9. The molecule has 0 radical (unpaired) electrons. The van der Waals surface area contributed by atoms with Crippen molar-refractivity contribution in [3.05, 3.63) is 48.6 Å². The molecule has 1 nitrogen and oxygen atoms in total. The van der Waals surface area contributed by atoms with Gasteiger partial charge in [-0.15, -0.1) is 6.58 Å². The third kappa shape index (κ3) is 3.83. The summed E-state index contributed by atoms with van der Waals surface area (Å²) in [5.74, 6) is 0.674. The molecule has 0 aliphatic carbocycles. The molecule has 0 N–H and O–H groups in total. The Bertz CT molecular complexity index is 366. The summed E-state index contributed by atoms with van der Waals surface area (Å²) in [5.41, 5.74) is 0.832. The molecule has 18 heavy (non-hydrogen) atoms. The van der Waals surface area contributed by atoms with Gasteiger partial charge in [0.1, 0.15) is 0 Å². The quantitative estimate of drug-likeness (QED) is 0.470. The Labute approximate surface area is 111 Å². The number of benzene rings is 1. The van der Waals surface area contributed by atoms with Crippen molar-refractivity contribution < 1.29 is 4.79 Å². The molecule has 0 saturated heterocycles. The fourth-order valence-electron chi connectivity index (χ4n) is 2.48. The maximum Gasteiger partial charge on any atom is 0.166 e. The smallest absolute Gasteiger partial charge is 0.166 e. The molecule has 2 atom stereocenters. The van der Waals surface area contributed by atoms with E-state index >= 15 is 0 Å². The minimum absolute atomic E-state index is 0.0925. The van der Waals surface area contributed by atoms with Crippen molar-refractivity contribution in [2.75, 3.05) is 0 Å². The number of carbonyl (C=O) groups is 1. The van der Waals surface area contributed by atoms with Crippen LogP contribution in [0.25, 0.3) is 0 Å². The van der Waals surface area contributed by atoms with E-state index in [1.54, 1.807) is 0 Å². The summed E-state index contributed by atoms with van der Waals surface area (Å²) in [7, 11) is 0. The van der Waals surface area contributed by atoms with Crippen LogP contribution in [-0.2, 0) is 0 Å². The average molecular weight is 244 g/mol. The summed E-state index contributed by atoms with van der Waals surface area (Å²) in [4.78, 5) is 12.6. The summed E-state index contributed by atoms with van der Waals surface area (Å²) in [6.07, 6.45) is 6.10. The highest BCUT2D eigenvalue weighted by Crippen LogP contribution is 2.27. The van der Waals surface area contributed by atoms with Gasteiger partial charge in [0, 0.05) is 11.5 Å². The predicted octanol–water partition coefficient (Wildman–Crippen LogP) is 4.89. The van der Waals surface area contributed by atoms with Crippen LogP contribution in [0, 0.1) is 11.8 Å². The van der Waals surface area contributed by atoms with E-state index in [0.717, 1.165) is 31.2 Å². The van der Waals surface area contributed by atoms with Gasteiger partial charge < -0.3 is 0 Å². The molecule has 0 fully saturated rings. The predicted molar refractivity (Wildman–Crippen MR) is 77.8 cm³/mol. The Balaban J connectivity index is 2.90. The molecule has 0 amide bonds. The highest BCUT2D eigenvalue weighted by molar-refractivity contribution is 5.98. The monoisotopic (exact) mass is 244 g/mol. The third-order valence-corrected chi connectivity index (χ3v) is 3.44. The molecule has 1 aromatic carbocycles. The van der Waals surface area contributed by atoms with E-state index in [1.807, 2.05) is 36.4 Å². The first kappa shape index (κ1) is 14.7. The van der Waals surface area contributed by atoms with Crippen molar-refractivity contribution in [1.29, 1.82) is 0 Å². The number of allylic oxidation sites excluding steroid dienone is 1. The van der Waals surface area contributed by atoms with Crippen LogP contribution in [0.4, 0.5) is 0 Å². The molecular weight excluding hydrogens is 220 g/mol. The second-order valence-electron chi connectivity index (χ2n) is 4.81. The van der Waals surface area contributed by atoms with E-state index < -0.39 is 0 Å². The highest BCUT2D eigenvalue weighted by atomic mass is 16.1. The van der Waals surface area contributed by atoms with Crippen molar-refractivity contribution in [3.8, 4) is 0 Å². The first-order valence-electron chi connectivity index (χ1n) is 6.96. The first-order chi connectivity index (χ1) is 8.74. The second kappa shape index (κ2) is 7.86. The SMILES string of the molecule is C=C[C@@H](CCC)[C@H](CCC)C(=O)c1ccccc1. The van der Waals surface area contributed by atoms with Gasteiger partial charge in [-0.25, -0.2) is 0 Å². The van der Waals surface area contributed by atoms with Gasteiger partial charge in [-0.1, -0.05) is 63.1 Å². The van der Waals surface area contributed by atoms with Gasteiger partial charge in [0.15, 0.2) is 5.78 Å². The Morgan fingerprint density at radius 1 is 1.17 bits per heavy atom. The van der Waals surface area contributed by atoms with E-state index in [2.05, 4.69) is 20.4 Å². The van der Waals surface area contributed by atoms with Crippen LogP contribution in [-0.4, -0.2) is 5.78 Å². The zero-order valence-electron chi connectivity index (χ0n) is 11.6. The molecule has 1 heteroatoms. The molecule has 0 spiro atoms. The lowest BCUT2D eigenvalue weighted by Crippen LogP contribution is -2.22. The fraction of sp³-hybridized carbons (Fsp3) is 0.471. The van der Waals surface area contributed by atoms with Crippen LogP contribution in [0.15, 0.2) is 43.0 Å². The largest absolute Gasteiger partial charge is 0.294 e. The second-order valence-corrected chi connectivity index (χ2v) is 4.81. The summed E-state index contributed by atoms with van der Waals surface area (Å²) >= 11 is 0. The standard InChI is InChI=1S/C17H24O/c1-4-10-14(6-3)16(11-5-2)17(18)15-12-8-7-9-13-15/h6-9,12-14,16H,3-5,10-11H2,1-2H3/t14-,16-/m0/s1. The minimum atomic E-state index is 0.0925. The molecule has 1 rings (SSSR count). The van der Waals surface area contributed by atoms with Gasteiger partial charge >= 0.3 is 0 Å². The molecule has 1 aromatic rings. The van der Waals surface area contributed by atoms with Gasteiger partial charge in [0.05, 0.1) is 0 Å². The Morgan fingerprint density at radius 3 is 2.28 bits per heavy atom. The molecule has 0 aliphatic heterocycles. The summed E-state index contributed by atoms with van der Waals surface area (Å²) in [6, 6.07) is 9.63. The van der Waals surface area contributed by atoms with Crippen molar-refractivity contribution in [1.82, 2.24) is 0 Å². The van der Waals surface area contributed by atoms with Gasteiger partial charge in [0.2, 0.25) is 0 Å². The lowest BCUT2D eigenvalue weighted by molar-refractivity contribution is 0.0876. The van der Waals surface area contributed by atoms with E-state index in [-0.39, 0.29) is 11.7 Å². The topological polar surface area (TPSA) is 17.1 Å². The number of hydrogen-bond donors (Lipinski definition) is 0. The number of hydrogen-bond acceptors (Lipinski definition) is 1. The molecule has 98 valence electrons. The van der Waals surface area contributed by atoms with Gasteiger partial charge in [-0.3, -0.25) is 4.79 Å². The van der Waals surface area contributed by atoms with E-state index in [1.165, 1.54) is 0 Å². The molecule has 0 unspecified atom stereocenters. The maximum absolute atomic E-state index is 12.6. The lowest BCUT2D eigenvalue weighted by atomic mass is 9.80. The number of ketones is 1.